The first-order valence-electron chi connectivity index (χ1n) is 10.2. The highest BCUT2D eigenvalue weighted by atomic mass is 32.1. The van der Waals surface area contributed by atoms with Gasteiger partial charge in [-0.05, 0) is 60.1 Å². The minimum absolute atomic E-state index is 0.00377. The van der Waals surface area contributed by atoms with E-state index >= 15 is 0 Å². The molecule has 156 valence electrons. The summed E-state index contributed by atoms with van der Waals surface area (Å²) in [5.41, 5.74) is 1.54. The Balaban J connectivity index is 1.79. The van der Waals surface area contributed by atoms with Gasteiger partial charge in [0.05, 0.1) is 10.3 Å². The number of pyridine rings is 1. The fourth-order valence-electron chi connectivity index (χ4n) is 4.58. The van der Waals surface area contributed by atoms with Crippen LogP contribution in [-0.2, 0) is 12.8 Å². The third-order valence-corrected chi connectivity index (χ3v) is 7.32. The Morgan fingerprint density at radius 2 is 1.78 bits per heavy atom. The highest BCUT2D eigenvalue weighted by Gasteiger charge is 2.23. The maximum Gasteiger partial charge on any atom is 0.282 e. The zero-order chi connectivity index (χ0) is 22.0. The van der Waals surface area contributed by atoms with Crippen LogP contribution in [0.15, 0.2) is 58.1 Å². The van der Waals surface area contributed by atoms with E-state index in [0.717, 1.165) is 29.7 Å². The average Bonchev–Trinajstić information content (AvgIpc) is 3.38. The second-order valence-electron chi connectivity index (χ2n) is 7.87. The molecule has 0 atom stereocenters. The summed E-state index contributed by atoms with van der Waals surface area (Å²) < 4.78 is 1.57. The predicted molar refractivity (Wildman–Crippen MR) is 125 cm³/mol. The molecule has 0 amide bonds. The third kappa shape index (κ3) is 2.63. The van der Waals surface area contributed by atoms with Crippen LogP contribution in [0.3, 0.4) is 0 Å². The Hall–Kier alpha value is -3.91. The maximum absolute atomic E-state index is 13.5. The van der Waals surface area contributed by atoms with Gasteiger partial charge in [0.2, 0.25) is 0 Å². The highest BCUT2D eigenvalue weighted by molar-refractivity contribution is 7.19. The molecule has 1 aliphatic rings. The molecule has 0 fully saturated rings. The first-order chi connectivity index (χ1) is 15.5. The van der Waals surface area contributed by atoms with Gasteiger partial charge in [0.1, 0.15) is 4.83 Å². The number of aromatic nitrogens is 2. The molecule has 7 nitrogen and oxygen atoms in total. The summed E-state index contributed by atoms with van der Waals surface area (Å²) in [6.07, 6.45) is 4.59. The lowest BCUT2D eigenvalue weighted by Crippen LogP contribution is -2.27. The van der Waals surface area contributed by atoms with Crippen LogP contribution in [0.1, 0.15) is 22.4 Å². The van der Waals surface area contributed by atoms with Gasteiger partial charge in [-0.2, -0.15) is 4.98 Å². The number of benzene rings is 2. The van der Waals surface area contributed by atoms with Crippen LogP contribution >= 0.6 is 11.3 Å². The fraction of sp³-hybridized carbons (Fsp3) is 0.125. The molecule has 0 saturated carbocycles. The Kier molecular flexibility index (Phi) is 4.00. The largest absolute Gasteiger partial charge is 0.282 e. The topological polar surface area (TPSA) is 94.6 Å². The lowest BCUT2D eigenvalue weighted by molar-refractivity contribution is -0.384. The summed E-state index contributed by atoms with van der Waals surface area (Å²) in [7, 11) is 0. The van der Waals surface area contributed by atoms with Gasteiger partial charge in [0.15, 0.2) is 5.65 Å². The fourth-order valence-corrected chi connectivity index (χ4v) is 5.96. The van der Waals surface area contributed by atoms with Crippen molar-refractivity contribution in [3.8, 4) is 0 Å². The van der Waals surface area contributed by atoms with E-state index in [4.69, 9.17) is 0 Å². The number of nitro benzene ring substituents is 1. The second-order valence-corrected chi connectivity index (χ2v) is 8.95. The Morgan fingerprint density at radius 1 is 1.03 bits per heavy atom. The molecule has 5 aromatic rings. The van der Waals surface area contributed by atoms with Crippen LogP contribution in [-0.4, -0.2) is 14.3 Å². The molecule has 0 N–H and O–H groups in total. The number of non-ortho nitro benzene ring substituents is 1. The number of rotatable bonds is 2. The average molecular weight is 441 g/mol. The molecule has 1 aliphatic carbocycles. The number of fused-ring (bicyclic) bond motifs is 6. The molecule has 2 aromatic carbocycles. The van der Waals surface area contributed by atoms with E-state index in [1.165, 1.54) is 23.5 Å². The minimum atomic E-state index is -0.450. The quantitative estimate of drug-likeness (QED) is 0.238. The first-order valence-corrected chi connectivity index (χ1v) is 11.0. The molecule has 0 aliphatic heterocycles. The molecule has 0 spiro atoms. The summed E-state index contributed by atoms with van der Waals surface area (Å²) in [5, 5.41) is 13.4. The van der Waals surface area contributed by atoms with Crippen molar-refractivity contribution in [1.29, 1.82) is 0 Å². The normalized spacial score (nSPS) is 13.9. The number of aryl methyl sites for hydroxylation is 2. The molecule has 3 aromatic heterocycles. The van der Waals surface area contributed by atoms with E-state index in [-0.39, 0.29) is 16.8 Å². The van der Waals surface area contributed by atoms with E-state index < -0.39 is 4.92 Å². The summed E-state index contributed by atoms with van der Waals surface area (Å²) in [6.45, 7) is 0. The van der Waals surface area contributed by atoms with Crippen LogP contribution in [0.25, 0.3) is 32.7 Å². The van der Waals surface area contributed by atoms with Gasteiger partial charge in [-0.15, -0.1) is 11.3 Å². The highest BCUT2D eigenvalue weighted by Crippen LogP contribution is 2.35. The van der Waals surface area contributed by atoms with Crippen molar-refractivity contribution in [2.24, 2.45) is 0 Å². The number of nitrogens with zero attached hydrogens (tertiary/aromatic N) is 3. The van der Waals surface area contributed by atoms with Crippen molar-refractivity contribution >= 4 is 49.7 Å². The Labute approximate surface area is 184 Å². The van der Waals surface area contributed by atoms with Crippen molar-refractivity contribution in [3.63, 3.8) is 0 Å². The summed E-state index contributed by atoms with van der Waals surface area (Å²) in [6, 6.07) is 13.4. The summed E-state index contributed by atoms with van der Waals surface area (Å²) in [4.78, 5) is 43.3. The first kappa shape index (κ1) is 18.8. The smallest absolute Gasteiger partial charge is 0.268 e. The summed E-state index contributed by atoms with van der Waals surface area (Å²) >= 11 is 1.51. The zero-order valence-corrected chi connectivity index (χ0v) is 17.5. The van der Waals surface area contributed by atoms with Gasteiger partial charge in [-0.1, -0.05) is 18.2 Å². The second kappa shape index (κ2) is 6.80. The van der Waals surface area contributed by atoms with Crippen LogP contribution in [0.4, 0.5) is 5.69 Å². The van der Waals surface area contributed by atoms with E-state index in [0.29, 0.717) is 37.4 Å². The zero-order valence-electron chi connectivity index (χ0n) is 16.7. The van der Waals surface area contributed by atoms with E-state index in [1.807, 2.05) is 24.3 Å². The molecule has 6 rings (SSSR count). The number of nitro groups is 1. The molecule has 0 radical (unpaired) electrons. The Bertz CT molecular complexity index is 1770. The monoisotopic (exact) mass is 441 g/mol. The van der Waals surface area contributed by atoms with Crippen molar-refractivity contribution in [3.05, 3.63) is 101 Å². The van der Waals surface area contributed by atoms with E-state index in [9.17, 15) is 19.7 Å². The molecule has 8 heteroatoms. The molecule has 3 heterocycles. The van der Waals surface area contributed by atoms with Gasteiger partial charge in [0.25, 0.3) is 16.8 Å². The molecule has 0 unspecified atom stereocenters. The third-order valence-electron chi connectivity index (χ3n) is 6.05. The number of hydrogen-bond donors (Lipinski definition) is 0. The Morgan fingerprint density at radius 3 is 2.53 bits per heavy atom. The van der Waals surface area contributed by atoms with E-state index in [2.05, 4.69) is 4.98 Å². The van der Waals surface area contributed by atoms with Crippen molar-refractivity contribution in [2.45, 2.75) is 19.3 Å². The molecule has 0 saturated heterocycles. The van der Waals surface area contributed by atoms with Crippen molar-refractivity contribution < 1.29 is 4.92 Å². The molecule has 32 heavy (non-hydrogen) atoms. The standard InChI is InChI=1S/C24H15N3O4S/c28-22-20-17-6-3-7-19(17)32-24(20)26-21(25-22)18(15-4-1-2-5-16(15)23(26)29)12-13-8-10-14(11-9-13)27(30)31/h1-2,4-5,8-12H,3,6-7H2. The van der Waals surface area contributed by atoms with Crippen molar-refractivity contribution in [2.75, 3.05) is 0 Å². The lowest BCUT2D eigenvalue weighted by atomic mass is 10.1. The molecular weight excluding hydrogens is 426 g/mol. The predicted octanol–water partition coefficient (Wildman–Crippen LogP) is 3.37. The van der Waals surface area contributed by atoms with Gasteiger partial charge in [-0.3, -0.25) is 19.7 Å². The van der Waals surface area contributed by atoms with Gasteiger partial charge < -0.3 is 0 Å². The molecular formula is C24H15N3O4S. The minimum Gasteiger partial charge on any atom is -0.268 e. The SMILES string of the molecule is O=c1nc2c(=Cc3ccc([N+](=O)[O-])cc3)c3ccccc3c(=O)n2c2sc3c(c12)CCC3. The van der Waals surface area contributed by atoms with Crippen molar-refractivity contribution in [1.82, 2.24) is 9.38 Å². The maximum atomic E-state index is 13.5. The van der Waals surface area contributed by atoms with Crippen LogP contribution in [0.5, 0.6) is 0 Å². The lowest BCUT2D eigenvalue weighted by Gasteiger charge is -2.07. The van der Waals surface area contributed by atoms with Crippen LogP contribution in [0.2, 0.25) is 0 Å². The molecule has 0 bridgehead atoms. The van der Waals surface area contributed by atoms with Gasteiger partial charge in [0, 0.05) is 27.6 Å². The van der Waals surface area contributed by atoms with Gasteiger partial charge >= 0.3 is 0 Å². The van der Waals surface area contributed by atoms with E-state index in [1.54, 1.807) is 22.6 Å². The number of hydrogen-bond acceptors (Lipinski definition) is 6. The number of thiophene rings is 1. The summed E-state index contributed by atoms with van der Waals surface area (Å²) in [5.74, 6) is 0. The van der Waals surface area contributed by atoms with Crippen LogP contribution in [0, 0.1) is 10.1 Å². The van der Waals surface area contributed by atoms with Gasteiger partial charge in [-0.25, -0.2) is 4.40 Å². The van der Waals surface area contributed by atoms with Crippen LogP contribution < -0.4 is 16.3 Å².